The maximum Gasteiger partial charge on any atom is 0.243 e. The van der Waals surface area contributed by atoms with E-state index in [1.165, 1.54) is 0 Å². The van der Waals surface area contributed by atoms with Crippen molar-refractivity contribution in [3.63, 3.8) is 0 Å². The highest BCUT2D eigenvalue weighted by atomic mass is 16.2. The van der Waals surface area contributed by atoms with Gasteiger partial charge in [0.25, 0.3) is 0 Å². The first-order chi connectivity index (χ1) is 8.61. The number of aryl methyl sites for hydroxylation is 1. The van der Waals surface area contributed by atoms with Crippen molar-refractivity contribution in [1.82, 2.24) is 25.2 Å². The molecule has 1 atom stereocenters. The van der Waals surface area contributed by atoms with E-state index in [0.717, 1.165) is 6.42 Å². The van der Waals surface area contributed by atoms with Gasteiger partial charge in [-0.2, -0.15) is 0 Å². The molecule has 1 N–H and O–H groups in total. The number of piperazine rings is 1. The summed E-state index contributed by atoms with van der Waals surface area (Å²) in [5.41, 5.74) is 0.696. The van der Waals surface area contributed by atoms with Gasteiger partial charge >= 0.3 is 0 Å². The fraction of sp³-hybridized carbons (Fsp3) is 0.636. The summed E-state index contributed by atoms with van der Waals surface area (Å²) in [5, 5.41) is 10.4. The molecule has 1 aromatic heterocycles. The van der Waals surface area contributed by atoms with Crippen LogP contribution in [-0.4, -0.2) is 44.3 Å². The highest BCUT2D eigenvalue weighted by Crippen LogP contribution is 2.14. The highest BCUT2D eigenvalue weighted by molar-refractivity contribution is 5.94. The molecule has 18 heavy (non-hydrogen) atoms. The Kier molecular flexibility index (Phi) is 3.59. The Labute approximate surface area is 105 Å². The van der Waals surface area contributed by atoms with Crippen molar-refractivity contribution in [3.8, 4) is 0 Å². The van der Waals surface area contributed by atoms with E-state index in [4.69, 9.17) is 0 Å². The zero-order valence-corrected chi connectivity index (χ0v) is 10.6. The van der Waals surface area contributed by atoms with Crippen molar-refractivity contribution in [2.45, 2.75) is 32.4 Å². The van der Waals surface area contributed by atoms with Gasteiger partial charge in [-0.3, -0.25) is 14.3 Å². The van der Waals surface area contributed by atoms with Crippen molar-refractivity contribution in [2.75, 3.05) is 6.54 Å². The van der Waals surface area contributed by atoms with Crippen molar-refractivity contribution in [3.05, 3.63) is 11.9 Å². The lowest BCUT2D eigenvalue weighted by atomic mass is 10.1. The molecule has 2 heterocycles. The van der Waals surface area contributed by atoms with Crippen LogP contribution < -0.4 is 5.32 Å². The van der Waals surface area contributed by atoms with E-state index in [9.17, 15) is 9.59 Å². The molecule has 0 radical (unpaired) electrons. The normalized spacial score (nSPS) is 20.1. The lowest BCUT2D eigenvalue weighted by Gasteiger charge is -2.34. The number of hydrogen-bond acceptors (Lipinski definition) is 4. The molecule has 1 aliphatic rings. The van der Waals surface area contributed by atoms with Crippen LogP contribution in [0.25, 0.3) is 0 Å². The summed E-state index contributed by atoms with van der Waals surface area (Å²) >= 11 is 0. The summed E-state index contributed by atoms with van der Waals surface area (Å²) in [4.78, 5) is 25.3. The van der Waals surface area contributed by atoms with Gasteiger partial charge in [0.15, 0.2) is 0 Å². The molecule has 2 amide bonds. The molecule has 1 saturated heterocycles. The van der Waals surface area contributed by atoms with Crippen LogP contribution in [0.15, 0.2) is 6.20 Å². The third-order valence-electron chi connectivity index (χ3n) is 2.96. The Hall–Kier alpha value is -1.92. The molecule has 7 nitrogen and oxygen atoms in total. The van der Waals surface area contributed by atoms with E-state index in [2.05, 4.69) is 15.6 Å². The number of hydrogen-bond donors (Lipinski definition) is 1. The van der Waals surface area contributed by atoms with E-state index < -0.39 is 6.04 Å². The molecule has 98 valence electrons. The van der Waals surface area contributed by atoms with Crippen LogP contribution in [0.2, 0.25) is 0 Å². The first kappa shape index (κ1) is 12.5. The molecule has 2 rings (SSSR count). The van der Waals surface area contributed by atoms with Crippen LogP contribution in [0.4, 0.5) is 0 Å². The van der Waals surface area contributed by atoms with Crippen LogP contribution in [-0.2, 0) is 23.2 Å². The van der Waals surface area contributed by atoms with E-state index in [1.54, 1.807) is 22.8 Å². The predicted molar refractivity (Wildman–Crippen MR) is 63.3 cm³/mol. The lowest BCUT2D eigenvalue weighted by molar-refractivity contribution is -0.146. The molecule has 1 fully saturated rings. The van der Waals surface area contributed by atoms with Crippen molar-refractivity contribution in [1.29, 1.82) is 0 Å². The Balaban J connectivity index is 2.15. The van der Waals surface area contributed by atoms with Crippen LogP contribution >= 0.6 is 0 Å². The molecule has 0 spiro atoms. The molecule has 1 aliphatic heterocycles. The zero-order chi connectivity index (χ0) is 13.1. The molecule has 7 heteroatoms. The van der Waals surface area contributed by atoms with Gasteiger partial charge in [-0.25, -0.2) is 0 Å². The number of aromatic nitrogens is 3. The quantitative estimate of drug-likeness (QED) is 0.778. The summed E-state index contributed by atoms with van der Waals surface area (Å²) in [6.07, 6.45) is 3.27. The molecular weight excluding hydrogens is 234 g/mol. The van der Waals surface area contributed by atoms with Gasteiger partial charge in [0.1, 0.15) is 11.7 Å². The second kappa shape index (κ2) is 5.16. The van der Waals surface area contributed by atoms with Gasteiger partial charge in [0.05, 0.1) is 13.1 Å². The van der Waals surface area contributed by atoms with Crippen LogP contribution in [0, 0.1) is 0 Å². The van der Waals surface area contributed by atoms with E-state index in [0.29, 0.717) is 18.7 Å². The average molecular weight is 251 g/mol. The fourth-order valence-electron chi connectivity index (χ4n) is 2.10. The smallest absolute Gasteiger partial charge is 0.243 e. The second-order valence-corrected chi connectivity index (χ2v) is 4.43. The third-order valence-corrected chi connectivity index (χ3v) is 2.96. The van der Waals surface area contributed by atoms with Crippen molar-refractivity contribution >= 4 is 11.8 Å². The van der Waals surface area contributed by atoms with E-state index >= 15 is 0 Å². The summed E-state index contributed by atoms with van der Waals surface area (Å²) in [7, 11) is 1.77. The minimum Gasteiger partial charge on any atom is -0.345 e. The topological polar surface area (TPSA) is 80.1 Å². The Morgan fingerprint density at radius 1 is 1.50 bits per heavy atom. The SMILES string of the molecule is CCCC1C(=O)NCC(=O)N1Cc1cn(C)nn1. The third kappa shape index (κ3) is 2.49. The summed E-state index contributed by atoms with van der Waals surface area (Å²) in [6, 6.07) is -0.391. The Morgan fingerprint density at radius 2 is 2.28 bits per heavy atom. The first-order valence-electron chi connectivity index (χ1n) is 6.04. The first-order valence-corrected chi connectivity index (χ1v) is 6.04. The van der Waals surface area contributed by atoms with Crippen LogP contribution in [0.5, 0.6) is 0 Å². The number of carbonyl (C=O) groups is 2. The van der Waals surface area contributed by atoms with Gasteiger partial charge in [0.2, 0.25) is 11.8 Å². The Morgan fingerprint density at radius 3 is 2.89 bits per heavy atom. The molecule has 0 aliphatic carbocycles. The molecular formula is C11H17N5O2. The number of carbonyl (C=O) groups excluding carboxylic acids is 2. The summed E-state index contributed by atoms with van der Waals surface area (Å²) in [6.45, 7) is 2.40. The monoisotopic (exact) mass is 251 g/mol. The number of nitrogens with one attached hydrogen (secondary N) is 1. The number of amides is 2. The van der Waals surface area contributed by atoms with Gasteiger partial charge < -0.3 is 10.2 Å². The minimum absolute atomic E-state index is 0.0688. The molecule has 1 unspecified atom stereocenters. The van der Waals surface area contributed by atoms with Gasteiger partial charge in [-0.1, -0.05) is 18.6 Å². The summed E-state index contributed by atoms with van der Waals surface area (Å²) in [5.74, 6) is -0.154. The molecule has 0 saturated carbocycles. The van der Waals surface area contributed by atoms with Gasteiger partial charge in [-0.05, 0) is 6.42 Å². The largest absolute Gasteiger partial charge is 0.345 e. The van der Waals surface area contributed by atoms with Gasteiger partial charge in [0, 0.05) is 13.2 Å². The maximum atomic E-state index is 11.9. The van der Waals surface area contributed by atoms with Crippen molar-refractivity contribution in [2.24, 2.45) is 7.05 Å². The maximum absolute atomic E-state index is 11.9. The fourth-order valence-corrected chi connectivity index (χ4v) is 2.10. The predicted octanol–water partition coefficient (Wildman–Crippen LogP) is -0.558. The second-order valence-electron chi connectivity index (χ2n) is 4.43. The lowest BCUT2D eigenvalue weighted by Crippen LogP contribution is -2.57. The van der Waals surface area contributed by atoms with Gasteiger partial charge in [-0.15, -0.1) is 5.10 Å². The average Bonchev–Trinajstić information content (AvgIpc) is 2.74. The zero-order valence-electron chi connectivity index (χ0n) is 10.6. The van der Waals surface area contributed by atoms with Crippen molar-refractivity contribution < 1.29 is 9.59 Å². The molecule has 0 bridgehead atoms. The number of rotatable bonds is 4. The molecule has 0 aromatic carbocycles. The number of nitrogens with zero attached hydrogens (tertiary/aromatic N) is 4. The minimum atomic E-state index is -0.391. The molecule has 1 aromatic rings. The highest BCUT2D eigenvalue weighted by Gasteiger charge is 2.33. The van der Waals surface area contributed by atoms with Crippen LogP contribution in [0.3, 0.4) is 0 Å². The Bertz CT molecular complexity index is 456. The van der Waals surface area contributed by atoms with Crippen LogP contribution in [0.1, 0.15) is 25.5 Å². The standard InChI is InChI=1S/C11H17N5O2/c1-3-4-9-11(18)12-5-10(17)16(9)7-8-6-15(2)14-13-8/h6,9H,3-5,7H2,1-2H3,(H,12,18). The summed E-state index contributed by atoms with van der Waals surface area (Å²) < 4.78 is 1.58. The van der Waals surface area contributed by atoms with E-state index in [-0.39, 0.29) is 18.4 Å². The van der Waals surface area contributed by atoms with E-state index in [1.807, 2.05) is 6.92 Å².